The van der Waals surface area contributed by atoms with E-state index in [9.17, 15) is 4.39 Å². The third kappa shape index (κ3) is 3.61. The number of nitrogens with one attached hydrogen (secondary N) is 1. The highest BCUT2D eigenvalue weighted by atomic mass is 79.9. The van der Waals surface area contributed by atoms with Crippen molar-refractivity contribution in [3.63, 3.8) is 0 Å². The Bertz CT molecular complexity index is 592. The summed E-state index contributed by atoms with van der Waals surface area (Å²) in [6, 6.07) is 10.3. The van der Waals surface area contributed by atoms with Gasteiger partial charge in [0.15, 0.2) is 0 Å². The van der Waals surface area contributed by atoms with Crippen LogP contribution in [-0.2, 0) is 6.54 Å². The van der Waals surface area contributed by atoms with Gasteiger partial charge in [-0.15, -0.1) is 0 Å². The molecule has 0 aliphatic rings. The van der Waals surface area contributed by atoms with Gasteiger partial charge in [0.05, 0.1) is 22.3 Å². The number of ether oxygens (including phenoxy) is 1. The van der Waals surface area contributed by atoms with E-state index in [1.54, 1.807) is 31.4 Å². The molecular formula is C14H12BrClFNO. The van der Waals surface area contributed by atoms with Crippen LogP contribution in [0.1, 0.15) is 5.56 Å². The van der Waals surface area contributed by atoms with E-state index in [0.29, 0.717) is 21.8 Å². The summed E-state index contributed by atoms with van der Waals surface area (Å²) in [7, 11) is 1.59. The number of hydrogen-bond donors (Lipinski definition) is 1. The minimum atomic E-state index is -0.281. The number of hydrogen-bond acceptors (Lipinski definition) is 2. The second-order valence-corrected chi connectivity index (χ2v) is 5.21. The first-order valence-electron chi connectivity index (χ1n) is 5.61. The molecule has 0 amide bonds. The molecule has 100 valence electrons. The molecule has 0 heterocycles. The van der Waals surface area contributed by atoms with Gasteiger partial charge < -0.3 is 10.1 Å². The Labute approximate surface area is 124 Å². The molecule has 0 spiro atoms. The molecule has 19 heavy (non-hydrogen) atoms. The Kier molecular flexibility index (Phi) is 4.66. The summed E-state index contributed by atoms with van der Waals surface area (Å²) in [4.78, 5) is 0. The third-order valence-corrected chi connectivity index (χ3v) is 3.61. The molecule has 0 aliphatic heterocycles. The zero-order valence-electron chi connectivity index (χ0n) is 10.2. The van der Waals surface area contributed by atoms with Crippen LogP contribution in [0.5, 0.6) is 5.75 Å². The molecule has 0 aromatic heterocycles. The zero-order chi connectivity index (χ0) is 13.8. The maximum atomic E-state index is 13.4. The zero-order valence-corrected chi connectivity index (χ0v) is 12.6. The highest BCUT2D eigenvalue weighted by molar-refractivity contribution is 9.10. The van der Waals surface area contributed by atoms with Gasteiger partial charge in [0.25, 0.3) is 0 Å². The van der Waals surface area contributed by atoms with E-state index in [4.69, 9.17) is 16.3 Å². The lowest BCUT2D eigenvalue weighted by atomic mass is 10.2. The fraction of sp³-hybridized carbons (Fsp3) is 0.143. The van der Waals surface area contributed by atoms with Gasteiger partial charge in [-0.25, -0.2) is 4.39 Å². The van der Waals surface area contributed by atoms with Crippen LogP contribution in [0.3, 0.4) is 0 Å². The number of methoxy groups -OCH3 is 1. The van der Waals surface area contributed by atoms with Crippen LogP contribution < -0.4 is 10.1 Å². The molecule has 0 bridgehead atoms. The third-order valence-electron chi connectivity index (χ3n) is 2.64. The molecule has 0 saturated heterocycles. The van der Waals surface area contributed by atoms with Crippen LogP contribution in [0.15, 0.2) is 40.9 Å². The standard InChI is InChI=1S/C14H12BrClFNO/c1-19-10-3-5-12(16)14(7-10)18-8-9-2-4-11(15)13(17)6-9/h2-7,18H,8H2,1H3. The maximum absolute atomic E-state index is 13.4. The normalized spacial score (nSPS) is 10.3. The van der Waals surface area contributed by atoms with Crippen LogP contribution in [0.4, 0.5) is 10.1 Å². The lowest BCUT2D eigenvalue weighted by Gasteiger charge is -2.10. The summed E-state index contributed by atoms with van der Waals surface area (Å²) in [6.07, 6.45) is 0. The quantitative estimate of drug-likeness (QED) is 0.855. The Morgan fingerprint density at radius 3 is 2.74 bits per heavy atom. The van der Waals surface area contributed by atoms with Crippen LogP contribution >= 0.6 is 27.5 Å². The minimum Gasteiger partial charge on any atom is -0.497 e. The molecule has 2 aromatic carbocycles. The van der Waals surface area contributed by atoms with Crippen molar-refractivity contribution in [2.24, 2.45) is 0 Å². The Balaban J connectivity index is 2.11. The van der Waals surface area contributed by atoms with Gasteiger partial charge in [-0.05, 0) is 45.8 Å². The largest absolute Gasteiger partial charge is 0.497 e. The second-order valence-electron chi connectivity index (χ2n) is 3.95. The van der Waals surface area contributed by atoms with Gasteiger partial charge in [0.1, 0.15) is 11.6 Å². The Hall–Kier alpha value is -1.26. The molecule has 0 radical (unpaired) electrons. The Morgan fingerprint density at radius 1 is 1.26 bits per heavy atom. The molecule has 1 N–H and O–H groups in total. The van der Waals surface area contributed by atoms with Crippen LogP contribution in [-0.4, -0.2) is 7.11 Å². The van der Waals surface area contributed by atoms with Crippen LogP contribution in [0, 0.1) is 5.82 Å². The van der Waals surface area contributed by atoms with Gasteiger partial charge in [-0.2, -0.15) is 0 Å². The van der Waals surface area contributed by atoms with E-state index in [1.807, 2.05) is 6.07 Å². The van der Waals surface area contributed by atoms with Gasteiger partial charge in [0, 0.05) is 12.6 Å². The van der Waals surface area contributed by atoms with E-state index in [-0.39, 0.29) is 5.82 Å². The Morgan fingerprint density at radius 2 is 2.05 bits per heavy atom. The van der Waals surface area contributed by atoms with Gasteiger partial charge in [0.2, 0.25) is 0 Å². The molecule has 2 aromatic rings. The first-order chi connectivity index (χ1) is 9.10. The van der Waals surface area contributed by atoms with Crippen molar-refractivity contribution in [3.8, 4) is 5.75 Å². The SMILES string of the molecule is COc1ccc(Cl)c(NCc2ccc(Br)c(F)c2)c1. The summed E-state index contributed by atoms with van der Waals surface area (Å²) >= 11 is 9.20. The summed E-state index contributed by atoms with van der Waals surface area (Å²) in [5.74, 6) is 0.435. The van der Waals surface area contributed by atoms with Gasteiger partial charge >= 0.3 is 0 Å². The number of rotatable bonds is 4. The number of halogens is 3. The fourth-order valence-electron chi connectivity index (χ4n) is 1.61. The van der Waals surface area contributed by atoms with Crippen molar-refractivity contribution >= 4 is 33.2 Å². The molecule has 0 atom stereocenters. The monoisotopic (exact) mass is 343 g/mol. The minimum absolute atomic E-state index is 0.281. The lowest BCUT2D eigenvalue weighted by Crippen LogP contribution is -2.01. The second kappa shape index (κ2) is 6.26. The van der Waals surface area contributed by atoms with E-state index < -0.39 is 0 Å². The number of benzene rings is 2. The molecule has 2 nitrogen and oxygen atoms in total. The lowest BCUT2D eigenvalue weighted by molar-refractivity contribution is 0.415. The molecule has 2 rings (SSSR count). The predicted molar refractivity (Wildman–Crippen MR) is 79.4 cm³/mol. The number of anilines is 1. The highest BCUT2D eigenvalue weighted by Crippen LogP contribution is 2.27. The molecule has 0 aliphatic carbocycles. The van der Waals surface area contributed by atoms with Crippen molar-refractivity contribution in [1.82, 2.24) is 0 Å². The van der Waals surface area contributed by atoms with Crippen molar-refractivity contribution in [1.29, 1.82) is 0 Å². The smallest absolute Gasteiger partial charge is 0.137 e. The van der Waals surface area contributed by atoms with Gasteiger partial charge in [-0.3, -0.25) is 0 Å². The van der Waals surface area contributed by atoms with Crippen molar-refractivity contribution < 1.29 is 9.13 Å². The molecule has 0 saturated carbocycles. The highest BCUT2D eigenvalue weighted by Gasteiger charge is 2.04. The molecular weight excluding hydrogens is 333 g/mol. The fourth-order valence-corrected chi connectivity index (χ4v) is 2.04. The molecule has 0 fully saturated rings. The van der Waals surface area contributed by atoms with Crippen molar-refractivity contribution in [2.75, 3.05) is 12.4 Å². The summed E-state index contributed by atoms with van der Waals surface area (Å²) in [6.45, 7) is 0.483. The average Bonchev–Trinajstić information content (AvgIpc) is 2.41. The van der Waals surface area contributed by atoms with Crippen LogP contribution in [0.25, 0.3) is 0 Å². The molecule has 0 unspecified atom stereocenters. The summed E-state index contributed by atoms with van der Waals surface area (Å²) < 4.78 is 19.0. The van der Waals surface area contributed by atoms with E-state index in [0.717, 1.165) is 11.3 Å². The summed E-state index contributed by atoms with van der Waals surface area (Å²) in [5.41, 5.74) is 1.59. The predicted octanol–water partition coefficient (Wildman–Crippen LogP) is 4.86. The van der Waals surface area contributed by atoms with E-state index in [1.165, 1.54) is 6.07 Å². The van der Waals surface area contributed by atoms with Gasteiger partial charge in [-0.1, -0.05) is 17.7 Å². The first kappa shape index (κ1) is 14.2. The van der Waals surface area contributed by atoms with E-state index in [2.05, 4.69) is 21.2 Å². The average molecular weight is 345 g/mol. The molecule has 5 heteroatoms. The maximum Gasteiger partial charge on any atom is 0.137 e. The summed E-state index contributed by atoms with van der Waals surface area (Å²) in [5, 5.41) is 3.75. The topological polar surface area (TPSA) is 21.3 Å². The van der Waals surface area contributed by atoms with E-state index >= 15 is 0 Å². The van der Waals surface area contributed by atoms with Crippen molar-refractivity contribution in [2.45, 2.75) is 6.54 Å². The van der Waals surface area contributed by atoms with Crippen molar-refractivity contribution in [3.05, 3.63) is 57.3 Å². The first-order valence-corrected chi connectivity index (χ1v) is 6.78. The van der Waals surface area contributed by atoms with Crippen LogP contribution in [0.2, 0.25) is 5.02 Å².